The van der Waals surface area contributed by atoms with Crippen molar-refractivity contribution in [1.82, 2.24) is 9.88 Å². The Morgan fingerprint density at radius 3 is 2.00 bits per heavy atom. The Kier molecular flexibility index (Phi) is 5.53. The fourth-order valence-corrected chi connectivity index (χ4v) is 13.3. The first-order chi connectivity index (χ1) is 16.9. The second kappa shape index (κ2) is 8.49. The summed E-state index contributed by atoms with van der Waals surface area (Å²) in [5, 5.41) is 4.02. The molecule has 2 nitrogen and oxygen atoms in total. The van der Waals surface area contributed by atoms with Crippen molar-refractivity contribution in [3.8, 4) is 11.8 Å². The zero-order chi connectivity index (χ0) is 24.2. The summed E-state index contributed by atoms with van der Waals surface area (Å²) >= 11 is 0. The number of allylic oxidation sites excluding steroid dienone is 10. The van der Waals surface area contributed by atoms with E-state index in [1.54, 1.807) is 0 Å². The van der Waals surface area contributed by atoms with Crippen LogP contribution in [-0.2, 0) is 0 Å². The molecule has 1 aromatic carbocycles. The lowest BCUT2D eigenvalue weighted by molar-refractivity contribution is 0.227. The van der Waals surface area contributed by atoms with Gasteiger partial charge in [-0.1, -0.05) is 104 Å². The molecule has 5 unspecified atom stereocenters. The van der Waals surface area contributed by atoms with Gasteiger partial charge >= 0.3 is 0 Å². The van der Waals surface area contributed by atoms with Crippen molar-refractivity contribution in [3.63, 3.8) is 0 Å². The van der Waals surface area contributed by atoms with Crippen LogP contribution in [0.3, 0.4) is 0 Å². The van der Waals surface area contributed by atoms with Crippen LogP contribution in [0.5, 0.6) is 0 Å². The van der Waals surface area contributed by atoms with Crippen LogP contribution >= 0.6 is 0 Å². The largest absolute Gasteiger partial charge is 0.299 e. The summed E-state index contributed by atoms with van der Waals surface area (Å²) in [5.74, 6) is 9.38. The van der Waals surface area contributed by atoms with Gasteiger partial charge in [-0.05, 0) is 61.3 Å². The number of hydrogen-bond acceptors (Lipinski definition) is 2. The third-order valence-corrected chi connectivity index (χ3v) is 13.4. The summed E-state index contributed by atoms with van der Waals surface area (Å²) in [6, 6.07) is 10.9. The average Bonchev–Trinajstić information content (AvgIpc) is 3.35. The van der Waals surface area contributed by atoms with E-state index in [1.807, 2.05) is 6.07 Å². The summed E-state index contributed by atoms with van der Waals surface area (Å²) in [4.78, 5) is 0. The molecule has 0 radical (unpaired) electrons. The minimum Gasteiger partial charge on any atom is -0.299 e. The average molecular weight is 477 g/mol. The van der Waals surface area contributed by atoms with Gasteiger partial charge in [0.1, 0.15) is 8.24 Å². The second-order valence-corrected chi connectivity index (χ2v) is 16.1. The second-order valence-electron chi connectivity index (χ2n) is 11.7. The summed E-state index contributed by atoms with van der Waals surface area (Å²) in [6.45, 7) is 10.0. The summed E-state index contributed by atoms with van der Waals surface area (Å²) in [6.07, 6.45) is 26.0. The maximum atomic E-state index is 4.02. The third kappa shape index (κ3) is 3.71. The van der Waals surface area contributed by atoms with E-state index in [-0.39, 0.29) is 11.7 Å². The summed E-state index contributed by atoms with van der Waals surface area (Å²) in [7, 11) is -1.94. The molecule has 6 rings (SSSR count). The predicted octanol–water partition coefficient (Wildman–Crippen LogP) is 6.22. The van der Waals surface area contributed by atoms with Crippen LogP contribution in [-0.4, -0.2) is 30.5 Å². The van der Waals surface area contributed by atoms with Gasteiger partial charge in [-0.2, -0.15) is 0 Å². The highest BCUT2D eigenvalue weighted by molar-refractivity contribution is 6.76. The molecule has 6 atom stereocenters. The molecule has 35 heavy (non-hydrogen) atoms. The van der Waals surface area contributed by atoms with Gasteiger partial charge in [-0.3, -0.25) is 9.88 Å². The predicted molar refractivity (Wildman–Crippen MR) is 149 cm³/mol. The highest BCUT2D eigenvalue weighted by Crippen LogP contribution is 2.59. The molecule has 1 aliphatic heterocycles. The van der Waals surface area contributed by atoms with Gasteiger partial charge in [0.25, 0.3) is 0 Å². The van der Waals surface area contributed by atoms with Gasteiger partial charge < -0.3 is 0 Å². The Balaban J connectivity index is 1.35. The van der Waals surface area contributed by atoms with Crippen molar-refractivity contribution in [2.75, 3.05) is 0 Å². The Bertz CT molecular complexity index is 1200. The van der Waals surface area contributed by atoms with Gasteiger partial charge in [-0.15, -0.1) is 0 Å². The van der Waals surface area contributed by atoms with Crippen molar-refractivity contribution in [1.29, 1.82) is 0 Å². The first-order valence-corrected chi connectivity index (χ1v) is 16.1. The van der Waals surface area contributed by atoms with Crippen molar-refractivity contribution in [3.05, 3.63) is 108 Å². The molecule has 1 N–H and O–H groups in total. The van der Waals surface area contributed by atoms with Crippen LogP contribution in [0.1, 0.15) is 19.4 Å². The lowest BCUT2D eigenvalue weighted by Gasteiger charge is -2.51. The van der Waals surface area contributed by atoms with Crippen LogP contribution < -0.4 is 5.32 Å². The van der Waals surface area contributed by atoms with Crippen molar-refractivity contribution >= 4 is 8.24 Å². The molecule has 1 saturated heterocycles. The van der Waals surface area contributed by atoms with E-state index in [4.69, 9.17) is 0 Å². The molecular weight excluding hydrogens is 440 g/mol. The van der Waals surface area contributed by atoms with E-state index >= 15 is 0 Å². The number of benzene rings is 1. The maximum absolute atomic E-state index is 4.02. The molecule has 1 aromatic rings. The molecule has 2 fully saturated rings. The number of hydrogen-bond donors (Lipinski definition) is 1. The van der Waals surface area contributed by atoms with Gasteiger partial charge in [0.2, 0.25) is 0 Å². The molecule has 178 valence electrons. The first-order valence-electron chi connectivity index (χ1n) is 13.1. The van der Waals surface area contributed by atoms with Crippen LogP contribution in [0.25, 0.3) is 0 Å². The molecule has 4 aliphatic carbocycles. The Morgan fingerprint density at radius 1 is 0.771 bits per heavy atom. The van der Waals surface area contributed by atoms with Crippen molar-refractivity contribution < 1.29 is 0 Å². The zero-order valence-corrected chi connectivity index (χ0v) is 22.2. The van der Waals surface area contributed by atoms with Gasteiger partial charge in [0.05, 0.1) is 11.7 Å². The molecular formula is C32H36N2Si. The van der Waals surface area contributed by atoms with E-state index in [9.17, 15) is 0 Å². The molecule has 0 amide bonds. The van der Waals surface area contributed by atoms with Gasteiger partial charge in [0.15, 0.2) is 0 Å². The highest BCUT2D eigenvalue weighted by atomic mass is 28.3. The molecule has 5 aliphatic rings. The third-order valence-electron chi connectivity index (χ3n) is 8.95. The van der Waals surface area contributed by atoms with Crippen LogP contribution in [0.2, 0.25) is 18.6 Å². The van der Waals surface area contributed by atoms with E-state index in [0.717, 1.165) is 5.56 Å². The van der Waals surface area contributed by atoms with Crippen LogP contribution in [0.4, 0.5) is 0 Å². The van der Waals surface area contributed by atoms with E-state index < -0.39 is 8.24 Å². The number of rotatable bonds is 2. The monoisotopic (exact) mass is 476 g/mol. The highest BCUT2D eigenvalue weighted by Gasteiger charge is 2.61. The lowest BCUT2D eigenvalue weighted by Crippen LogP contribution is -2.64. The zero-order valence-electron chi connectivity index (χ0n) is 21.2. The minimum atomic E-state index is -1.94. The van der Waals surface area contributed by atoms with Gasteiger partial charge in [-0.25, -0.2) is 0 Å². The van der Waals surface area contributed by atoms with Crippen molar-refractivity contribution in [2.24, 2.45) is 23.7 Å². The maximum Gasteiger partial charge on any atom is 0.129 e. The summed E-state index contributed by atoms with van der Waals surface area (Å²) in [5.41, 5.74) is 2.84. The topological polar surface area (TPSA) is 15.3 Å². The number of fused-ring (bicyclic) bond motifs is 4. The molecule has 0 aromatic heterocycles. The molecule has 0 bridgehead atoms. The van der Waals surface area contributed by atoms with Crippen molar-refractivity contribution in [2.45, 2.75) is 50.2 Å². The fraction of sp³-hybridized carbons (Fsp3) is 0.375. The number of nitrogens with one attached hydrogen (secondary N) is 1. The number of nitrogens with zero attached hydrogens (tertiary/aromatic N) is 1. The Hall–Kier alpha value is -2.64. The molecule has 1 saturated carbocycles. The Labute approximate surface area is 212 Å². The van der Waals surface area contributed by atoms with E-state index in [1.165, 1.54) is 5.57 Å². The standard InChI is InChI=1S/C32H36N2Si/c1-32(2)33-30-24(22-21-23-13-6-5-7-14-23)15-12-20-29(30)34(32)35(3,4)31-27-18-10-8-16-25(27)26-17-9-11-19-28(26)31/h5-20,25-31,33H,1-4H3/t25?,26?,27?,28?,29-,30?,31?/m1/s1. The molecule has 3 heteroatoms. The van der Waals surface area contributed by atoms with Crippen LogP contribution in [0, 0.1) is 35.5 Å². The molecule has 1 heterocycles. The minimum absolute atomic E-state index is 0.0940. The Morgan fingerprint density at radius 2 is 1.37 bits per heavy atom. The summed E-state index contributed by atoms with van der Waals surface area (Å²) < 4.78 is 2.90. The van der Waals surface area contributed by atoms with E-state index in [0.29, 0.717) is 35.3 Å². The SMILES string of the molecule is CC1(C)NC2C(C#Cc3ccccc3)=CC=C[C@H]2N1[Si](C)(C)C1C2C=CC=CC2C2C=CC=CC21. The fourth-order valence-electron chi connectivity index (χ4n) is 7.91. The van der Waals surface area contributed by atoms with E-state index in [2.05, 4.69) is 140 Å². The lowest BCUT2D eigenvalue weighted by atomic mass is 9.83. The first kappa shape index (κ1) is 22.8. The van der Waals surface area contributed by atoms with Crippen LogP contribution in [0.15, 0.2) is 103 Å². The smallest absolute Gasteiger partial charge is 0.129 e. The normalized spacial score (nSPS) is 36.2. The molecule has 0 spiro atoms. The van der Waals surface area contributed by atoms with Gasteiger partial charge in [0, 0.05) is 17.2 Å². The quantitative estimate of drug-likeness (QED) is 0.403.